The quantitative estimate of drug-likeness (QED) is 0.216. The highest BCUT2D eigenvalue weighted by atomic mass is 35.5. The first-order valence-corrected chi connectivity index (χ1v) is 13.1. The lowest BCUT2D eigenvalue weighted by Gasteiger charge is -2.25. The van der Waals surface area contributed by atoms with Gasteiger partial charge in [-0.25, -0.2) is 5.43 Å². The van der Waals surface area contributed by atoms with E-state index in [1.165, 1.54) is 36.6 Å². The van der Waals surface area contributed by atoms with Gasteiger partial charge in [0, 0.05) is 11.6 Å². The topological polar surface area (TPSA) is 72.2 Å². The Kier molecular flexibility index (Phi) is 8.29. The predicted molar refractivity (Wildman–Crippen MR) is 140 cm³/mol. The minimum absolute atomic E-state index is 0.191. The highest BCUT2D eigenvalue weighted by Gasteiger charge is 2.24. The highest BCUT2D eigenvalue weighted by molar-refractivity contribution is 7.99. The number of amides is 1. The summed E-state index contributed by atoms with van der Waals surface area (Å²) in [5.41, 5.74) is 6.31. The Morgan fingerprint density at radius 2 is 1.82 bits per heavy atom. The summed E-state index contributed by atoms with van der Waals surface area (Å²) < 4.78 is 2.23. The normalized spacial score (nSPS) is 14.9. The van der Waals surface area contributed by atoms with Gasteiger partial charge in [0.05, 0.1) is 21.5 Å². The summed E-state index contributed by atoms with van der Waals surface area (Å²) >= 11 is 13.4. The molecule has 1 aliphatic carbocycles. The number of rotatable bonds is 7. The van der Waals surface area contributed by atoms with Gasteiger partial charge in [-0.05, 0) is 44.4 Å². The number of thioether (sulfide) groups is 1. The SMILES string of the molecule is CC(=NNC(=O)CSc1nnc(-c2ccc(C)cc2)n1C1CCCCC1)c1ccc(Cl)c(Cl)c1. The van der Waals surface area contributed by atoms with Gasteiger partial charge in [0.25, 0.3) is 5.91 Å². The Bertz CT molecular complexity index is 1190. The molecule has 1 N–H and O–H groups in total. The molecule has 0 aliphatic heterocycles. The third-order valence-corrected chi connectivity index (χ3v) is 7.61. The van der Waals surface area contributed by atoms with Crippen LogP contribution in [0.1, 0.15) is 56.2 Å². The number of halogens is 2. The van der Waals surface area contributed by atoms with Gasteiger partial charge < -0.3 is 0 Å². The van der Waals surface area contributed by atoms with Crippen LogP contribution in [0, 0.1) is 6.92 Å². The second kappa shape index (κ2) is 11.4. The van der Waals surface area contributed by atoms with Gasteiger partial charge >= 0.3 is 0 Å². The monoisotopic (exact) mass is 515 g/mol. The molecule has 3 aromatic rings. The third-order valence-electron chi connectivity index (χ3n) is 5.93. The minimum atomic E-state index is -0.209. The summed E-state index contributed by atoms with van der Waals surface area (Å²) in [6, 6.07) is 13.9. The van der Waals surface area contributed by atoms with Gasteiger partial charge in [0.2, 0.25) is 0 Å². The molecule has 34 heavy (non-hydrogen) atoms. The van der Waals surface area contributed by atoms with Crippen LogP contribution >= 0.6 is 35.0 Å². The van der Waals surface area contributed by atoms with E-state index >= 15 is 0 Å². The first kappa shape index (κ1) is 24.8. The van der Waals surface area contributed by atoms with E-state index in [-0.39, 0.29) is 11.7 Å². The third kappa shape index (κ3) is 6.01. The van der Waals surface area contributed by atoms with Gasteiger partial charge in [-0.3, -0.25) is 9.36 Å². The standard InChI is InChI=1S/C25H27Cl2N5OS/c1-16-8-10-18(11-9-16)24-30-31-25(32(24)20-6-4-3-5-7-20)34-15-23(33)29-28-17(2)19-12-13-21(26)22(27)14-19/h8-14,20H,3-7,15H2,1-2H3,(H,29,33). The van der Waals surface area contributed by atoms with Crippen molar-refractivity contribution in [3.05, 3.63) is 63.6 Å². The van der Waals surface area contributed by atoms with Crippen LogP contribution in [0.4, 0.5) is 0 Å². The summed E-state index contributed by atoms with van der Waals surface area (Å²) in [5.74, 6) is 0.847. The van der Waals surface area contributed by atoms with E-state index < -0.39 is 0 Å². The van der Waals surface area contributed by atoms with Crippen LogP contribution in [0.25, 0.3) is 11.4 Å². The number of hydrogen-bond donors (Lipinski definition) is 1. The van der Waals surface area contributed by atoms with Crippen molar-refractivity contribution in [2.45, 2.75) is 57.1 Å². The van der Waals surface area contributed by atoms with E-state index in [0.29, 0.717) is 21.8 Å². The molecule has 2 aromatic carbocycles. The van der Waals surface area contributed by atoms with Crippen LogP contribution in [0.15, 0.2) is 52.7 Å². The van der Waals surface area contributed by atoms with Crippen LogP contribution in [-0.4, -0.2) is 32.1 Å². The van der Waals surface area contributed by atoms with E-state index in [1.54, 1.807) is 19.1 Å². The number of carbonyl (C=O) groups is 1. The number of carbonyl (C=O) groups excluding carboxylic acids is 1. The summed E-state index contributed by atoms with van der Waals surface area (Å²) in [4.78, 5) is 12.5. The van der Waals surface area contributed by atoms with Gasteiger partial charge in [-0.15, -0.1) is 10.2 Å². The molecule has 1 aromatic heterocycles. The molecule has 1 aliphatic rings. The fourth-order valence-corrected chi connectivity index (χ4v) is 5.13. The van der Waals surface area contributed by atoms with Crippen LogP contribution in [0.3, 0.4) is 0 Å². The number of benzene rings is 2. The van der Waals surface area contributed by atoms with Crippen molar-refractivity contribution in [1.82, 2.24) is 20.2 Å². The van der Waals surface area contributed by atoms with Crippen molar-refractivity contribution in [3.63, 3.8) is 0 Å². The number of hydrazone groups is 1. The summed E-state index contributed by atoms with van der Waals surface area (Å²) in [7, 11) is 0. The number of aryl methyl sites for hydroxylation is 1. The summed E-state index contributed by atoms with van der Waals surface area (Å²) in [6.07, 6.45) is 5.86. The second-order valence-electron chi connectivity index (χ2n) is 8.48. The highest BCUT2D eigenvalue weighted by Crippen LogP contribution is 2.35. The Balaban J connectivity index is 1.47. The molecule has 4 rings (SSSR count). The molecular formula is C25H27Cl2N5OS. The van der Waals surface area contributed by atoms with E-state index in [9.17, 15) is 4.79 Å². The summed E-state index contributed by atoms with van der Waals surface area (Å²) in [5, 5.41) is 14.9. The zero-order valence-corrected chi connectivity index (χ0v) is 21.6. The summed E-state index contributed by atoms with van der Waals surface area (Å²) in [6.45, 7) is 3.88. The van der Waals surface area contributed by atoms with Gasteiger partial charge in [-0.2, -0.15) is 5.10 Å². The molecule has 6 nitrogen and oxygen atoms in total. The number of hydrogen-bond acceptors (Lipinski definition) is 5. The van der Waals surface area contributed by atoms with E-state index in [4.69, 9.17) is 23.2 Å². The maximum atomic E-state index is 12.5. The van der Waals surface area contributed by atoms with Crippen molar-refractivity contribution in [2.75, 3.05) is 5.75 Å². The second-order valence-corrected chi connectivity index (χ2v) is 10.2. The van der Waals surface area contributed by atoms with E-state index in [1.807, 2.05) is 6.07 Å². The molecule has 0 spiro atoms. The average molecular weight is 516 g/mol. The molecule has 0 atom stereocenters. The van der Waals surface area contributed by atoms with E-state index in [2.05, 4.69) is 56.5 Å². The zero-order chi connectivity index (χ0) is 24.1. The van der Waals surface area contributed by atoms with Crippen molar-refractivity contribution in [2.24, 2.45) is 5.10 Å². The largest absolute Gasteiger partial charge is 0.299 e. The van der Waals surface area contributed by atoms with Gasteiger partial charge in [0.15, 0.2) is 11.0 Å². The van der Waals surface area contributed by atoms with Crippen LogP contribution in [0.2, 0.25) is 10.0 Å². The molecule has 0 bridgehead atoms. The lowest BCUT2D eigenvalue weighted by atomic mass is 9.95. The molecule has 0 unspecified atom stereocenters. The van der Waals surface area contributed by atoms with Crippen LogP contribution in [-0.2, 0) is 4.79 Å². The average Bonchev–Trinajstić information content (AvgIpc) is 3.28. The molecule has 178 valence electrons. The molecule has 0 saturated heterocycles. The number of nitrogens with zero attached hydrogens (tertiary/aromatic N) is 4. The Labute approximate surface area is 214 Å². The molecule has 0 radical (unpaired) electrons. The first-order valence-electron chi connectivity index (χ1n) is 11.4. The lowest BCUT2D eigenvalue weighted by Crippen LogP contribution is -2.22. The molecule has 1 saturated carbocycles. The number of nitrogens with one attached hydrogen (secondary N) is 1. The Hall–Kier alpha value is -2.35. The molecule has 1 amide bonds. The minimum Gasteiger partial charge on any atom is -0.299 e. The smallest absolute Gasteiger partial charge is 0.250 e. The van der Waals surface area contributed by atoms with Crippen LogP contribution in [0.5, 0.6) is 0 Å². The fourth-order valence-electron chi connectivity index (χ4n) is 4.04. The lowest BCUT2D eigenvalue weighted by molar-refractivity contribution is -0.118. The van der Waals surface area contributed by atoms with E-state index in [0.717, 1.165) is 34.9 Å². The van der Waals surface area contributed by atoms with Crippen molar-refractivity contribution >= 4 is 46.6 Å². The fraction of sp³-hybridized carbons (Fsp3) is 0.360. The molecule has 1 fully saturated rings. The maximum absolute atomic E-state index is 12.5. The molecule has 9 heteroatoms. The van der Waals surface area contributed by atoms with Crippen molar-refractivity contribution in [1.29, 1.82) is 0 Å². The maximum Gasteiger partial charge on any atom is 0.250 e. The zero-order valence-electron chi connectivity index (χ0n) is 19.2. The number of aromatic nitrogens is 3. The Morgan fingerprint density at radius 1 is 1.09 bits per heavy atom. The van der Waals surface area contributed by atoms with Crippen molar-refractivity contribution < 1.29 is 4.79 Å². The van der Waals surface area contributed by atoms with Gasteiger partial charge in [-0.1, -0.05) is 90.1 Å². The Morgan fingerprint density at radius 3 is 2.53 bits per heavy atom. The van der Waals surface area contributed by atoms with Gasteiger partial charge in [0.1, 0.15) is 0 Å². The predicted octanol–water partition coefficient (Wildman–Crippen LogP) is 6.70. The first-order chi connectivity index (χ1) is 16.4. The van der Waals surface area contributed by atoms with Crippen LogP contribution < -0.4 is 5.43 Å². The van der Waals surface area contributed by atoms with Crippen molar-refractivity contribution in [3.8, 4) is 11.4 Å². The molecule has 1 heterocycles. The molecular weight excluding hydrogens is 489 g/mol.